The summed E-state index contributed by atoms with van der Waals surface area (Å²) in [6, 6.07) is 0. The molecule has 1 aliphatic carbocycles. The van der Waals surface area contributed by atoms with Gasteiger partial charge in [0.2, 0.25) is 0 Å². The molecule has 1 aliphatic rings. The molecule has 0 aromatic rings. The largest absolute Gasteiger partial charge is 0.515 e. The zero-order valence-corrected chi connectivity index (χ0v) is 7.76. The minimum atomic E-state index is -0.0206. The fourth-order valence-electron chi connectivity index (χ4n) is 1.07. The van der Waals surface area contributed by atoms with E-state index in [-0.39, 0.29) is 11.7 Å². The van der Waals surface area contributed by atoms with Crippen molar-refractivity contribution in [1.29, 1.82) is 0 Å². The van der Waals surface area contributed by atoms with E-state index in [1.165, 1.54) is 0 Å². The molecule has 60 valence electrons. The third kappa shape index (κ3) is 1.71. The lowest BCUT2D eigenvalue weighted by Gasteiger charge is -2.15. The molecule has 11 heavy (non-hydrogen) atoms. The van der Waals surface area contributed by atoms with Crippen molar-refractivity contribution in [2.24, 2.45) is 5.92 Å². The molecule has 0 aromatic carbocycles. The van der Waals surface area contributed by atoms with E-state index in [0.717, 1.165) is 17.2 Å². The lowest BCUT2D eigenvalue weighted by atomic mass is 9.91. The number of carbonyl (C=O) groups is 1. The van der Waals surface area contributed by atoms with Gasteiger partial charge in [0.15, 0.2) is 5.78 Å². The highest BCUT2D eigenvalue weighted by molar-refractivity contribution is 9.11. The zero-order valence-electron chi connectivity index (χ0n) is 6.17. The molecule has 0 bridgehead atoms. The monoisotopic (exact) mass is 216 g/mol. The van der Waals surface area contributed by atoms with Crippen LogP contribution >= 0.6 is 15.9 Å². The van der Waals surface area contributed by atoms with Crippen LogP contribution in [0.25, 0.3) is 0 Å². The maximum Gasteiger partial charge on any atom is 0.169 e. The molecule has 3 heteroatoms. The zero-order chi connectivity index (χ0) is 8.43. The van der Waals surface area contributed by atoms with Crippen LogP contribution in [0, 0.1) is 5.92 Å². The Morgan fingerprint density at radius 1 is 1.82 bits per heavy atom. The molecule has 2 nitrogen and oxygen atoms in total. The molecule has 0 aromatic heterocycles. The van der Waals surface area contributed by atoms with Gasteiger partial charge in [-0.3, -0.25) is 4.79 Å². The van der Waals surface area contributed by atoms with E-state index in [0.29, 0.717) is 5.57 Å². The highest BCUT2D eigenvalue weighted by atomic mass is 79.9. The maximum absolute atomic E-state index is 11.2. The number of halogens is 1. The van der Waals surface area contributed by atoms with E-state index >= 15 is 0 Å². The SMILES string of the molecule is CC1CC(Br)=CC(=CO)C1=O. The third-order valence-corrected chi connectivity index (χ3v) is 2.24. The van der Waals surface area contributed by atoms with Gasteiger partial charge in [0, 0.05) is 5.92 Å². The molecule has 0 saturated heterocycles. The number of carbonyl (C=O) groups excluding carboxylic acids is 1. The summed E-state index contributed by atoms with van der Waals surface area (Å²) in [7, 11) is 0. The number of hydrogen-bond acceptors (Lipinski definition) is 2. The highest BCUT2D eigenvalue weighted by Crippen LogP contribution is 2.27. The topological polar surface area (TPSA) is 37.3 Å². The van der Waals surface area contributed by atoms with E-state index in [2.05, 4.69) is 15.9 Å². The first-order valence-electron chi connectivity index (χ1n) is 3.40. The second-order valence-electron chi connectivity index (χ2n) is 2.65. The first-order chi connectivity index (χ1) is 5.15. The Kier molecular flexibility index (Phi) is 2.49. The minimum Gasteiger partial charge on any atom is -0.515 e. The van der Waals surface area contributed by atoms with Crippen molar-refractivity contribution in [2.75, 3.05) is 0 Å². The van der Waals surface area contributed by atoms with Crippen LogP contribution in [0.15, 0.2) is 22.4 Å². The Hall–Kier alpha value is -0.570. The van der Waals surface area contributed by atoms with Crippen molar-refractivity contribution in [3.8, 4) is 0 Å². The van der Waals surface area contributed by atoms with Crippen LogP contribution < -0.4 is 0 Å². The van der Waals surface area contributed by atoms with Gasteiger partial charge in [-0.05, 0) is 17.0 Å². The molecular formula is C8H9BrO2. The van der Waals surface area contributed by atoms with Crippen LogP contribution in [0.4, 0.5) is 0 Å². The van der Waals surface area contributed by atoms with Gasteiger partial charge in [-0.2, -0.15) is 0 Å². The second kappa shape index (κ2) is 3.22. The van der Waals surface area contributed by atoms with E-state index < -0.39 is 0 Å². The number of allylic oxidation sites excluding steroid dienone is 3. The second-order valence-corrected chi connectivity index (χ2v) is 3.66. The van der Waals surface area contributed by atoms with Gasteiger partial charge in [0.1, 0.15) is 0 Å². The van der Waals surface area contributed by atoms with Crippen molar-refractivity contribution in [3.63, 3.8) is 0 Å². The molecule has 0 radical (unpaired) electrons. The minimum absolute atomic E-state index is 0.00991. The number of rotatable bonds is 0. The van der Waals surface area contributed by atoms with Gasteiger partial charge in [0.25, 0.3) is 0 Å². The normalized spacial score (nSPS) is 28.9. The molecule has 0 amide bonds. The lowest BCUT2D eigenvalue weighted by Crippen LogP contribution is -2.16. The first-order valence-corrected chi connectivity index (χ1v) is 4.19. The number of ketones is 1. The average molecular weight is 217 g/mol. The van der Waals surface area contributed by atoms with Gasteiger partial charge in [-0.25, -0.2) is 0 Å². The van der Waals surface area contributed by atoms with E-state index in [4.69, 9.17) is 5.11 Å². The standard InChI is InChI=1S/C8H9BrO2/c1-5-2-7(9)3-6(4-10)8(5)11/h3-5,10H,2H2,1H3. The number of aliphatic hydroxyl groups excluding tert-OH is 1. The summed E-state index contributed by atoms with van der Waals surface area (Å²) in [5, 5.41) is 8.65. The Morgan fingerprint density at radius 3 is 3.00 bits per heavy atom. The third-order valence-electron chi connectivity index (χ3n) is 1.68. The summed E-state index contributed by atoms with van der Waals surface area (Å²) in [6.45, 7) is 1.85. The number of hydrogen-bond donors (Lipinski definition) is 1. The van der Waals surface area contributed by atoms with Crippen LogP contribution in [-0.2, 0) is 4.79 Å². The maximum atomic E-state index is 11.2. The fourth-order valence-corrected chi connectivity index (χ4v) is 1.80. The molecule has 1 rings (SSSR count). The molecule has 1 N–H and O–H groups in total. The molecule has 0 saturated carbocycles. The van der Waals surface area contributed by atoms with Crippen LogP contribution in [-0.4, -0.2) is 10.9 Å². The highest BCUT2D eigenvalue weighted by Gasteiger charge is 2.22. The predicted octanol–water partition coefficient (Wildman–Crippen LogP) is 2.32. The Bertz CT molecular complexity index is 240. The van der Waals surface area contributed by atoms with Crippen molar-refractivity contribution < 1.29 is 9.90 Å². The van der Waals surface area contributed by atoms with Crippen molar-refractivity contribution in [3.05, 3.63) is 22.4 Å². The molecule has 0 fully saturated rings. The van der Waals surface area contributed by atoms with Gasteiger partial charge in [0.05, 0.1) is 11.8 Å². The molecule has 1 unspecified atom stereocenters. The van der Waals surface area contributed by atoms with Crippen LogP contribution in [0.5, 0.6) is 0 Å². The van der Waals surface area contributed by atoms with Gasteiger partial charge >= 0.3 is 0 Å². The van der Waals surface area contributed by atoms with E-state index in [9.17, 15) is 4.79 Å². The van der Waals surface area contributed by atoms with Crippen molar-refractivity contribution >= 4 is 21.7 Å². The summed E-state index contributed by atoms with van der Waals surface area (Å²) < 4.78 is 0.963. The predicted molar refractivity (Wildman–Crippen MR) is 46.5 cm³/mol. The van der Waals surface area contributed by atoms with Crippen LogP contribution in [0.3, 0.4) is 0 Å². The molecular weight excluding hydrogens is 208 g/mol. The molecule has 0 heterocycles. The Labute approximate surface area is 73.7 Å². The van der Waals surface area contributed by atoms with Crippen LogP contribution in [0.2, 0.25) is 0 Å². The average Bonchev–Trinajstić information content (AvgIpc) is 1.96. The summed E-state index contributed by atoms with van der Waals surface area (Å²) in [4.78, 5) is 11.2. The smallest absolute Gasteiger partial charge is 0.169 e. The Morgan fingerprint density at radius 2 is 2.45 bits per heavy atom. The summed E-state index contributed by atoms with van der Waals surface area (Å²) in [5.41, 5.74) is 0.385. The van der Waals surface area contributed by atoms with Gasteiger partial charge in [-0.15, -0.1) is 0 Å². The quantitative estimate of drug-likeness (QED) is 0.499. The molecule has 0 spiro atoms. The number of aliphatic hydroxyl groups is 1. The fraction of sp³-hybridized carbons (Fsp3) is 0.375. The first kappa shape index (κ1) is 8.53. The molecule has 1 atom stereocenters. The Balaban J connectivity index is 2.97. The van der Waals surface area contributed by atoms with Crippen molar-refractivity contribution in [1.82, 2.24) is 0 Å². The van der Waals surface area contributed by atoms with Gasteiger partial charge in [-0.1, -0.05) is 22.9 Å². The van der Waals surface area contributed by atoms with Gasteiger partial charge < -0.3 is 5.11 Å². The van der Waals surface area contributed by atoms with Crippen molar-refractivity contribution in [2.45, 2.75) is 13.3 Å². The van der Waals surface area contributed by atoms with E-state index in [1.807, 2.05) is 6.92 Å². The number of Topliss-reactive ketones (excluding diaryl/α,β-unsaturated/α-hetero) is 1. The lowest BCUT2D eigenvalue weighted by molar-refractivity contribution is -0.118. The summed E-state index contributed by atoms with van der Waals surface area (Å²) in [6.07, 6.45) is 3.25. The van der Waals surface area contributed by atoms with Crippen LogP contribution in [0.1, 0.15) is 13.3 Å². The summed E-state index contributed by atoms with van der Waals surface area (Å²) in [5.74, 6) is -0.0107. The summed E-state index contributed by atoms with van der Waals surface area (Å²) >= 11 is 3.29. The van der Waals surface area contributed by atoms with E-state index in [1.54, 1.807) is 6.08 Å². The molecule has 0 aliphatic heterocycles.